The van der Waals surface area contributed by atoms with Gasteiger partial charge in [-0.05, 0) is 32.6 Å². The lowest BCUT2D eigenvalue weighted by molar-refractivity contribution is 0.259. The zero-order valence-electron chi connectivity index (χ0n) is 10.4. The van der Waals surface area contributed by atoms with Crippen molar-refractivity contribution in [2.24, 2.45) is 5.73 Å². The Morgan fingerprint density at radius 1 is 1.33 bits per heavy atom. The molecule has 0 spiro atoms. The zero-order valence-corrected chi connectivity index (χ0v) is 11.2. The second-order valence-corrected chi connectivity index (χ2v) is 4.58. The first-order chi connectivity index (χ1) is 8.41. The van der Waals surface area contributed by atoms with Gasteiger partial charge in [0.05, 0.1) is 6.61 Å². The van der Waals surface area contributed by atoms with Crippen LogP contribution in [0.25, 0.3) is 0 Å². The molecule has 0 saturated heterocycles. The van der Waals surface area contributed by atoms with Crippen molar-refractivity contribution in [3.05, 3.63) is 29.3 Å². The molecule has 0 heterocycles. The van der Waals surface area contributed by atoms with Gasteiger partial charge < -0.3 is 15.4 Å². The average molecular weight is 274 g/mol. The largest absolute Gasteiger partial charge is 0.488 e. The molecule has 1 aromatic carbocycles. The minimum atomic E-state index is -0.789. The van der Waals surface area contributed by atoms with Gasteiger partial charge in [-0.1, -0.05) is 12.2 Å². The molecule has 0 radical (unpaired) electrons. The number of rotatable bonds is 6. The van der Waals surface area contributed by atoms with E-state index in [0.717, 1.165) is 18.7 Å². The molecule has 18 heavy (non-hydrogen) atoms. The predicted octanol–water partition coefficient (Wildman–Crippen LogP) is 1.93. The number of ether oxygens (including phenoxy) is 1. The standard InChI is InChI=1S/C12H16F2N2OS/c1-16(2)4-3-5-17-11-9(13)6-8(12(15)18)7-10(11)14/h6-7H,3-5H2,1-2H3,(H2,15,18). The van der Waals surface area contributed by atoms with Crippen molar-refractivity contribution >= 4 is 17.2 Å². The summed E-state index contributed by atoms with van der Waals surface area (Å²) in [6, 6.07) is 2.15. The third kappa shape index (κ3) is 4.19. The van der Waals surface area contributed by atoms with Crippen LogP contribution in [-0.4, -0.2) is 37.1 Å². The first-order valence-corrected chi connectivity index (χ1v) is 5.89. The fourth-order valence-corrected chi connectivity index (χ4v) is 1.51. The highest BCUT2D eigenvalue weighted by Crippen LogP contribution is 2.23. The van der Waals surface area contributed by atoms with E-state index in [2.05, 4.69) is 12.2 Å². The van der Waals surface area contributed by atoms with Gasteiger partial charge in [0.1, 0.15) is 4.99 Å². The molecule has 0 atom stereocenters. The van der Waals surface area contributed by atoms with Gasteiger partial charge in [0.2, 0.25) is 0 Å². The Kier molecular flexibility index (Phi) is 5.43. The van der Waals surface area contributed by atoms with Crippen LogP contribution < -0.4 is 10.5 Å². The normalized spacial score (nSPS) is 10.7. The minimum absolute atomic E-state index is 0.0491. The van der Waals surface area contributed by atoms with Crippen LogP contribution in [0.3, 0.4) is 0 Å². The fourth-order valence-electron chi connectivity index (χ4n) is 1.40. The van der Waals surface area contributed by atoms with E-state index >= 15 is 0 Å². The van der Waals surface area contributed by atoms with E-state index in [1.807, 2.05) is 19.0 Å². The van der Waals surface area contributed by atoms with Crippen LogP contribution >= 0.6 is 12.2 Å². The highest BCUT2D eigenvalue weighted by Gasteiger charge is 2.13. The summed E-state index contributed by atoms with van der Waals surface area (Å²) < 4.78 is 32.2. The van der Waals surface area contributed by atoms with Gasteiger partial charge >= 0.3 is 0 Å². The SMILES string of the molecule is CN(C)CCCOc1c(F)cc(C(N)=S)cc1F. The molecule has 1 rings (SSSR count). The lowest BCUT2D eigenvalue weighted by Gasteiger charge is -2.12. The molecule has 0 aliphatic heterocycles. The average Bonchev–Trinajstić information content (AvgIpc) is 2.26. The Hall–Kier alpha value is -1.27. The van der Waals surface area contributed by atoms with E-state index in [1.165, 1.54) is 0 Å². The van der Waals surface area contributed by atoms with Crippen LogP contribution in [-0.2, 0) is 0 Å². The van der Waals surface area contributed by atoms with Crippen molar-refractivity contribution in [3.63, 3.8) is 0 Å². The Labute approximate surface area is 111 Å². The number of hydrogen-bond donors (Lipinski definition) is 1. The van der Waals surface area contributed by atoms with Crippen molar-refractivity contribution in [1.29, 1.82) is 0 Å². The molecule has 2 N–H and O–H groups in total. The molecule has 6 heteroatoms. The lowest BCUT2D eigenvalue weighted by Crippen LogP contribution is -2.16. The molecular formula is C12H16F2N2OS. The number of thiocarbonyl (C=S) groups is 1. The maximum atomic E-state index is 13.6. The summed E-state index contributed by atoms with van der Waals surface area (Å²) in [5, 5.41) is 0. The van der Waals surface area contributed by atoms with Crippen molar-refractivity contribution in [1.82, 2.24) is 4.90 Å². The number of halogens is 2. The van der Waals surface area contributed by atoms with Gasteiger partial charge in [0.25, 0.3) is 0 Å². The summed E-state index contributed by atoms with van der Waals surface area (Å²) in [4.78, 5) is 1.92. The Bertz CT molecular complexity index is 415. The zero-order chi connectivity index (χ0) is 13.7. The van der Waals surface area contributed by atoms with E-state index < -0.39 is 11.6 Å². The first kappa shape index (κ1) is 14.8. The van der Waals surface area contributed by atoms with Crippen molar-refractivity contribution in [3.8, 4) is 5.75 Å². The first-order valence-electron chi connectivity index (χ1n) is 5.48. The van der Waals surface area contributed by atoms with Gasteiger partial charge in [-0.2, -0.15) is 0 Å². The molecule has 0 saturated carbocycles. The number of benzene rings is 1. The van der Waals surface area contributed by atoms with Crippen molar-refractivity contribution in [2.45, 2.75) is 6.42 Å². The summed E-state index contributed by atoms with van der Waals surface area (Å²) >= 11 is 4.66. The Morgan fingerprint density at radius 3 is 2.33 bits per heavy atom. The van der Waals surface area contributed by atoms with Crippen LogP contribution in [0.5, 0.6) is 5.75 Å². The highest BCUT2D eigenvalue weighted by atomic mass is 32.1. The topological polar surface area (TPSA) is 38.5 Å². The lowest BCUT2D eigenvalue weighted by atomic mass is 10.2. The molecule has 0 aliphatic carbocycles. The van der Waals surface area contributed by atoms with Crippen LogP contribution in [0.1, 0.15) is 12.0 Å². The van der Waals surface area contributed by atoms with Crippen LogP contribution in [0, 0.1) is 11.6 Å². The van der Waals surface area contributed by atoms with E-state index in [9.17, 15) is 8.78 Å². The maximum Gasteiger partial charge on any atom is 0.190 e. The highest BCUT2D eigenvalue weighted by molar-refractivity contribution is 7.80. The predicted molar refractivity (Wildman–Crippen MR) is 70.9 cm³/mol. The van der Waals surface area contributed by atoms with Gasteiger partial charge in [-0.25, -0.2) is 8.78 Å². The van der Waals surface area contributed by atoms with Crippen molar-refractivity contribution in [2.75, 3.05) is 27.2 Å². The molecule has 0 bridgehead atoms. The van der Waals surface area contributed by atoms with Gasteiger partial charge in [0.15, 0.2) is 17.4 Å². The summed E-state index contributed by atoms with van der Waals surface area (Å²) in [5.74, 6) is -1.96. The monoisotopic (exact) mass is 274 g/mol. The minimum Gasteiger partial charge on any atom is -0.488 e. The summed E-state index contributed by atoms with van der Waals surface area (Å²) in [5.41, 5.74) is 5.46. The Balaban J connectivity index is 2.69. The molecule has 0 unspecified atom stereocenters. The van der Waals surface area contributed by atoms with Crippen LogP contribution in [0.4, 0.5) is 8.78 Å². The van der Waals surface area contributed by atoms with E-state index in [0.29, 0.717) is 6.42 Å². The summed E-state index contributed by atoms with van der Waals surface area (Å²) in [6.45, 7) is 1.03. The smallest absolute Gasteiger partial charge is 0.190 e. The third-order valence-electron chi connectivity index (χ3n) is 2.28. The summed E-state index contributed by atoms with van der Waals surface area (Å²) in [7, 11) is 3.83. The number of hydrogen-bond acceptors (Lipinski definition) is 3. The molecule has 3 nitrogen and oxygen atoms in total. The molecule has 0 fully saturated rings. The molecule has 100 valence electrons. The second kappa shape index (κ2) is 6.61. The van der Waals surface area contributed by atoms with Gasteiger partial charge in [-0.15, -0.1) is 0 Å². The van der Waals surface area contributed by atoms with Crippen molar-refractivity contribution < 1.29 is 13.5 Å². The maximum absolute atomic E-state index is 13.6. The van der Waals surface area contributed by atoms with E-state index in [4.69, 9.17) is 10.5 Å². The van der Waals surface area contributed by atoms with E-state index in [-0.39, 0.29) is 22.9 Å². The molecule has 0 aliphatic rings. The van der Waals surface area contributed by atoms with Crippen LogP contribution in [0.15, 0.2) is 12.1 Å². The second-order valence-electron chi connectivity index (χ2n) is 4.14. The number of nitrogens with two attached hydrogens (primary N) is 1. The molecule has 0 amide bonds. The van der Waals surface area contributed by atoms with Gasteiger partial charge in [-0.3, -0.25) is 0 Å². The third-order valence-corrected chi connectivity index (χ3v) is 2.51. The quantitative estimate of drug-likeness (QED) is 0.635. The molecular weight excluding hydrogens is 258 g/mol. The molecule has 1 aromatic rings. The van der Waals surface area contributed by atoms with Crippen LogP contribution in [0.2, 0.25) is 0 Å². The Morgan fingerprint density at radius 2 is 1.89 bits per heavy atom. The fraction of sp³-hybridized carbons (Fsp3) is 0.417. The number of nitrogens with zero attached hydrogens (tertiary/aromatic N) is 1. The van der Waals surface area contributed by atoms with Gasteiger partial charge in [0, 0.05) is 12.1 Å². The summed E-state index contributed by atoms with van der Waals surface area (Å²) in [6.07, 6.45) is 0.683. The molecule has 0 aromatic heterocycles. The van der Waals surface area contributed by atoms with E-state index in [1.54, 1.807) is 0 Å².